The van der Waals surface area contributed by atoms with E-state index in [4.69, 9.17) is 4.74 Å². The lowest BCUT2D eigenvalue weighted by molar-refractivity contribution is -0.385. The van der Waals surface area contributed by atoms with E-state index in [2.05, 4.69) is 28.2 Å². The molecule has 0 aliphatic carbocycles. The summed E-state index contributed by atoms with van der Waals surface area (Å²) in [6, 6.07) is 5.45. The van der Waals surface area contributed by atoms with Crippen LogP contribution in [0.3, 0.4) is 0 Å². The molecule has 0 spiro atoms. The van der Waals surface area contributed by atoms with E-state index in [-0.39, 0.29) is 10.6 Å². The molecule has 0 bridgehead atoms. The van der Waals surface area contributed by atoms with Crippen LogP contribution in [0, 0.1) is 16.0 Å². The number of rotatable bonds is 5. The Bertz CT molecular complexity index is 461. The first kappa shape index (κ1) is 14.4. The quantitative estimate of drug-likeness (QED) is 0.666. The van der Waals surface area contributed by atoms with Crippen LogP contribution in [0.5, 0.6) is 0 Å². The van der Waals surface area contributed by atoms with Gasteiger partial charge in [0.05, 0.1) is 16.0 Å². The lowest BCUT2D eigenvalue weighted by Crippen LogP contribution is -2.33. The topological polar surface area (TPSA) is 64.4 Å². The number of hydrogen-bond acceptors (Lipinski definition) is 4. The third-order valence-corrected chi connectivity index (χ3v) is 4.46. The lowest BCUT2D eigenvalue weighted by atomic mass is 10.0. The predicted molar refractivity (Wildman–Crippen MR) is 76.0 cm³/mol. The third-order valence-electron chi connectivity index (χ3n) is 3.54. The number of halogens is 1. The van der Waals surface area contributed by atoms with Gasteiger partial charge in [0, 0.05) is 25.3 Å². The molecule has 1 N–H and O–H groups in total. The molecule has 19 heavy (non-hydrogen) atoms. The van der Waals surface area contributed by atoms with Crippen molar-refractivity contribution in [3.8, 4) is 0 Å². The van der Waals surface area contributed by atoms with Crippen molar-refractivity contribution in [1.82, 2.24) is 5.32 Å². The number of hydrogen-bond donors (Lipinski definition) is 1. The van der Waals surface area contributed by atoms with Crippen molar-refractivity contribution in [2.24, 2.45) is 5.92 Å². The van der Waals surface area contributed by atoms with Gasteiger partial charge in [-0.2, -0.15) is 0 Å². The largest absolute Gasteiger partial charge is 0.381 e. The van der Waals surface area contributed by atoms with E-state index >= 15 is 0 Å². The Hall–Kier alpha value is -0.980. The summed E-state index contributed by atoms with van der Waals surface area (Å²) in [5, 5.41) is 14.3. The predicted octanol–water partition coefficient (Wildman–Crippen LogP) is 2.87. The minimum absolute atomic E-state index is 0.108. The number of nitrogens with one attached hydrogen (secondary N) is 1. The van der Waals surface area contributed by atoms with Crippen LogP contribution in [0.2, 0.25) is 0 Å². The average molecular weight is 329 g/mol. The first-order valence-corrected chi connectivity index (χ1v) is 7.12. The highest BCUT2D eigenvalue weighted by Gasteiger charge is 2.22. The zero-order valence-electron chi connectivity index (χ0n) is 10.8. The summed E-state index contributed by atoms with van der Waals surface area (Å²) in [7, 11) is 0. The van der Waals surface area contributed by atoms with Gasteiger partial charge >= 0.3 is 0 Å². The molecule has 1 heterocycles. The first-order valence-electron chi connectivity index (χ1n) is 6.32. The van der Waals surface area contributed by atoms with Gasteiger partial charge in [-0.1, -0.05) is 12.1 Å². The molecule has 0 amide bonds. The van der Waals surface area contributed by atoms with E-state index in [0.717, 1.165) is 25.2 Å². The van der Waals surface area contributed by atoms with Gasteiger partial charge in [0.25, 0.3) is 5.69 Å². The highest BCUT2D eigenvalue weighted by Crippen LogP contribution is 2.28. The second-order valence-corrected chi connectivity index (χ2v) is 5.59. The van der Waals surface area contributed by atoms with Crippen molar-refractivity contribution >= 4 is 21.6 Å². The molecule has 104 valence electrons. The normalized spacial score (nSPS) is 20.4. The second kappa shape index (κ2) is 6.45. The average Bonchev–Trinajstić information content (AvgIpc) is 2.90. The van der Waals surface area contributed by atoms with Crippen LogP contribution in [-0.2, 0) is 11.3 Å². The van der Waals surface area contributed by atoms with Crippen molar-refractivity contribution < 1.29 is 9.66 Å². The summed E-state index contributed by atoms with van der Waals surface area (Å²) in [4.78, 5) is 10.5. The van der Waals surface area contributed by atoms with E-state index in [1.54, 1.807) is 6.07 Å². The molecule has 0 saturated carbocycles. The van der Waals surface area contributed by atoms with E-state index in [1.807, 2.05) is 6.07 Å². The summed E-state index contributed by atoms with van der Waals surface area (Å²) in [6.45, 7) is 4.37. The molecule has 1 aliphatic heterocycles. The summed E-state index contributed by atoms with van der Waals surface area (Å²) in [5.41, 5.74) is 1.01. The van der Waals surface area contributed by atoms with Crippen molar-refractivity contribution in [2.45, 2.75) is 25.9 Å². The Labute approximate surface area is 120 Å². The van der Waals surface area contributed by atoms with Gasteiger partial charge in [0.15, 0.2) is 0 Å². The Morgan fingerprint density at radius 3 is 3.05 bits per heavy atom. The van der Waals surface area contributed by atoms with Crippen LogP contribution < -0.4 is 5.32 Å². The van der Waals surface area contributed by atoms with E-state index in [1.165, 1.54) is 6.07 Å². The van der Waals surface area contributed by atoms with E-state index in [0.29, 0.717) is 23.0 Å². The summed E-state index contributed by atoms with van der Waals surface area (Å²) < 4.78 is 5.92. The first-order chi connectivity index (χ1) is 9.09. The third kappa shape index (κ3) is 3.52. The summed E-state index contributed by atoms with van der Waals surface area (Å²) >= 11 is 3.31. The maximum atomic E-state index is 10.9. The van der Waals surface area contributed by atoms with Crippen molar-refractivity contribution in [1.29, 1.82) is 0 Å². The Kier molecular flexibility index (Phi) is 4.90. The molecule has 1 aliphatic rings. The van der Waals surface area contributed by atoms with Gasteiger partial charge < -0.3 is 10.1 Å². The van der Waals surface area contributed by atoms with E-state index < -0.39 is 0 Å². The fourth-order valence-corrected chi connectivity index (χ4v) is 2.78. The molecule has 2 unspecified atom stereocenters. The number of benzene rings is 1. The Morgan fingerprint density at radius 2 is 2.42 bits per heavy atom. The van der Waals surface area contributed by atoms with Gasteiger partial charge in [-0.15, -0.1) is 0 Å². The highest BCUT2D eigenvalue weighted by atomic mass is 79.9. The van der Waals surface area contributed by atoms with Gasteiger partial charge in [0.2, 0.25) is 0 Å². The minimum Gasteiger partial charge on any atom is -0.381 e. The molecule has 0 radical (unpaired) electrons. The van der Waals surface area contributed by atoms with Crippen LogP contribution >= 0.6 is 15.9 Å². The van der Waals surface area contributed by atoms with Gasteiger partial charge in [-0.05, 0) is 40.8 Å². The zero-order chi connectivity index (χ0) is 13.8. The SMILES string of the molecule is CC(NCc1cccc([N+](=O)[O-])c1Br)C1CCOC1. The number of nitro benzene ring substituents is 1. The van der Waals surface area contributed by atoms with Crippen molar-refractivity contribution in [3.63, 3.8) is 0 Å². The molecule has 1 fully saturated rings. The molecular weight excluding hydrogens is 312 g/mol. The van der Waals surface area contributed by atoms with Crippen LogP contribution in [0.1, 0.15) is 18.9 Å². The summed E-state index contributed by atoms with van der Waals surface area (Å²) in [6.07, 6.45) is 1.07. The zero-order valence-corrected chi connectivity index (χ0v) is 12.4. The molecule has 1 aromatic carbocycles. The van der Waals surface area contributed by atoms with Crippen molar-refractivity contribution in [2.75, 3.05) is 13.2 Å². The van der Waals surface area contributed by atoms with E-state index in [9.17, 15) is 10.1 Å². The summed E-state index contributed by atoms with van der Waals surface area (Å²) in [5.74, 6) is 0.525. The number of nitrogens with zero attached hydrogens (tertiary/aromatic N) is 1. The smallest absolute Gasteiger partial charge is 0.283 e. The molecule has 5 nitrogen and oxygen atoms in total. The molecule has 6 heteroatoms. The lowest BCUT2D eigenvalue weighted by Gasteiger charge is -2.19. The Balaban J connectivity index is 1.99. The minimum atomic E-state index is -0.373. The molecular formula is C13H17BrN2O3. The maximum Gasteiger partial charge on any atom is 0.283 e. The molecule has 2 rings (SSSR count). The molecule has 1 aromatic rings. The van der Waals surface area contributed by atoms with Gasteiger partial charge in [0.1, 0.15) is 0 Å². The fraction of sp³-hybridized carbons (Fsp3) is 0.538. The molecule has 1 saturated heterocycles. The molecule has 0 aromatic heterocycles. The van der Waals surface area contributed by atoms with Crippen LogP contribution in [0.4, 0.5) is 5.69 Å². The number of ether oxygens (including phenoxy) is 1. The second-order valence-electron chi connectivity index (χ2n) is 4.80. The van der Waals surface area contributed by atoms with Crippen LogP contribution in [0.15, 0.2) is 22.7 Å². The van der Waals surface area contributed by atoms with Crippen molar-refractivity contribution in [3.05, 3.63) is 38.3 Å². The van der Waals surface area contributed by atoms with Crippen LogP contribution in [-0.4, -0.2) is 24.2 Å². The number of nitro groups is 1. The van der Waals surface area contributed by atoms with Crippen LogP contribution in [0.25, 0.3) is 0 Å². The maximum absolute atomic E-state index is 10.9. The molecule has 2 atom stereocenters. The highest BCUT2D eigenvalue weighted by molar-refractivity contribution is 9.10. The van der Waals surface area contributed by atoms with Gasteiger partial charge in [-0.25, -0.2) is 0 Å². The Morgan fingerprint density at radius 1 is 1.63 bits per heavy atom. The fourth-order valence-electron chi connectivity index (χ4n) is 2.23. The van der Waals surface area contributed by atoms with Gasteiger partial charge in [-0.3, -0.25) is 10.1 Å². The monoisotopic (exact) mass is 328 g/mol. The standard InChI is InChI=1S/C13H17BrN2O3/c1-9(11-5-6-19-8-11)15-7-10-3-2-4-12(13(10)14)16(17)18/h2-4,9,11,15H,5-8H2,1H3.